The molecule has 8 nitrogen and oxygen atoms in total. The number of ether oxygens (including phenoxy) is 1. The van der Waals surface area contributed by atoms with Gasteiger partial charge in [-0.3, -0.25) is 13.9 Å². The fourth-order valence-electron chi connectivity index (χ4n) is 3.70. The standard InChI is InChI=1S/C27H30ClN3O5S/c1-19-10-13-22(16-25(19)28)31(37(34,35)24-8-6-5-7-9-24)18-26(32)30(20(2)27(33)29-3)17-21-11-14-23(36-4)15-12-21/h5-16,20H,17-18H2,1-4H3,(H,29,33)/t20-/m1/s1. The molecule has 3 aromatic carbocycles. The average Bonchev–Trinajstić information content (AvgIpc) is 2.91. The number of sulfonamides is 1. The third-order valence-corrected chi connectivity index (χ3v) is 8.17. The largest absolute Gasteiger partial charge is 0.497 e. The maximum atomic E-state index is 13.7. The molecule has 1 atom stereocenters. The number of methoxy groups -OCH3 is 1. The number of hydrogen-bond acceptors (Lipinski definition) is 5. The summed E-state index contributed by atoms with van der Waals surface area (Å²) in [5.41, 5.74) is 1.76. The molecule has 0 fully saturated rings. The number of carbonyl (C=O) groups excluding carboxylic acids is 2. The zero-order valence-corrected chi connectivity index (χ0v) is 22.7. The van der Waals surface area contributed by atoms with Crippen molar-refractivity contribution in [2.24, 2.45) is 0 Å². The molecule has 3 aromatic rings. The van der Waals surface area contributed by atoms with Crippen LogP contribution in [0, 0.1) is 6.92 Å². The third-order valence-electron chi connectivity index (χ3n) is 5.98. The smallest absolute Gasteiger partial charge is 0.264 e. The summed E-state index contributed by atoms with van der Waals surface area (Å²) < 4.78 is 33.6. The van der Waals surface area contributed by atoms with Crippen molar-refractivity contribution in [3.05, 3.63) is 88.9 Å². The van der Waals surface area contributed by atoms with E-state index in [2.05, 4.69) is 5.32 Å². The molecule has 3 rings (SSSR count). The van der Waals surface area contributed by atoms with E-state index in [0.29, 0.717) is 10.8 Å². The second-order valence-electron chi connectivity index (χ2n) is 8.42. The van der Waals surface area contributed by atoms with Crippen LogP contribution < -0.4 is 14.4 Å². The van der Waals surface area contributed by atoms with Crippen molar-refractivity contribution in [2.75, 3.05) is 25.0 Å². The van der Waals surface area contributed by atoms with E-state index in [-0.39, 0.29) is 23.0 Å². The quantitative estimate of drug-likeness (QED) is 0.417. The molecule has 10 heteroatoms. The topological polar surface area (TPSA) is 96.0 Å². The number of benzene rings is 3. The fourth-order valence-corrected chi connectivity index (χ4v) is 5.31. The van der Waals surface area contributed by atoms with Gasteiger partial charge in [0.1, 0.15) is 18.3 Å². The van der Waals surface area contributed by atoms with E-state index in [4.69, 9.17) is 16.3 Å². The lowest BCUT2D eigenvalue weighted by atomic mass is 10.1. The normalized spacial score (nSPS) is 11.9. The van der Waals surface area contributed by atoms with E-state index >= 15 is 0 Å². The van der Waals surface area contributed by atoms with Crippen LogP contribution in [0.25, 0.3) is 0 Å². The van der Waals surface area contributed by atoms with Gasteiger partial charge >= 0.3 is 0 Å². The molecule has 0 aliphatic rings. The van der Waals surface area contributed by atoms with Gasteiger partial charge in [-0.25, -0.2) is 8.42 Å². The highest BCUT2D eigenvalue weighted by molar-refractivity contribution is 7.92. The van der Waals surface area contributed by atoms with Crippen LogP contribution in [0.4, 0.5) is 5.69 Å². The molecule has 0 unspecified atom stereocenters. The van der Waals surface area contributed by atoms with Crippen molar-refractivity contribution in [3.8, 4) is 5.75 Å². The number of aryl methyl sites for hydroxylation is 1. The Morgan fingerprint density at radius 3 is 2.24 bits per heavy atom. The van der Waals surface area contributed by atoms with E-state index in [0.717, 1.165) is 15.4 Å². The lowest BCUT2D eigenvalue weighted by Gasteiger charge is -2.32. The third kappa shape index (κ3) is 6.61. The van der Waals surface area contributed by atoms with E-state index in [1.165, 1.54) is 30.1 Å². The number of carbonyl (C=O) groups is 2. The van der Waals surface area contributed by atoms with Gasteiger partial charge in [0.05, 0.1) is 17.7 Å². The SMILES string of the molecule is CNC(=O)[C@@H](C)N(Cc1ccc(OC)cc1)C(=O)CN(c1ccc(C)c(Cl)c1)S(=O)(=O)c1ccccc1. The lowest BCUT2D eigenvalue weighted by molar-refractivity contribution is -0.139. The van der Waals surface area contributed by atoms with Crippen LogP contribution in [0.3, 0.4) is 0 Å². The van der Waals surface area contributed by atoms with Gasteiger partial charge in [-0.2, -0.15) is 0 Å². The number of anilines is 1. The van der Waals surface area contributed by atoms with Gasteiger partial charge in [0.15, 0.2) is 0 Å². The highest BCUT2D eigenvalue weighted by Gasteiger charge is 2.32. The first-order chi connectivity index (χ1) is 17.6. The molecule has 196 valence electrons. The van der Waals surface area contributed by atoms with Gasteiger partial charge in [0.25, 0.3) is 10.0 Å². The molecule has 0 aliphatic heterocycles. The van der Waals surface area contributed by atoms with Crippen LogP contribution in [0.1, 0.15) is 18.1 Å². The van der Waals surface area contributed by atoms with Crippen LogP contribution in [0.15, 0.2) is 77.7 Å². The Morgan fingerprint density at radius 1 is 1.03 bits per heavy atom. The zero-order chi connectivity index (χ0) is 27.2. The summed E-state index contributed by atoms with van der Waals surface area (Å²) in [5.74, 6) is -0.279. The summed E-state index contributed by atoms with van der Waals surface area (Å²) >= 11 is 6.32. The van der Waals surface area contributed by atoms with Gasteiger partial charge in [-0.15, -0.1) is 0 Å². The summed E-state index contributed by atoms with van der Waals surface area (Å²) in [6, 6.07) is 18.9. The Hall–Kier alpha value is -3.56. The minimum atomic E-state index is -4.14. The molecule has 1 N–H and O–H groups in total. The van der Waals surface area contributed by atoms with Gasteiger partial charge in [0.2, 0.25) is 11.8 Å². The first-order valence-corrected chi connectivity index (χ1v) is 13.4. The van der Waals surface area contributed by atoms with Crippen molar-refractivity contribution in [1.29, 1.82) is 0 Å². The molecule has 0 radical (unpaired) electrons. The van der Waals surface area contributed by atoms with Crippen LogP contribution in [0.5, 0.6) is 5.75 Å². The number of halogens is 1. The van der Waals surface area contributed by atoms with E-state index < -0.39 is 28.5 Å². The molecule has 0 aliphatic carbocycles. The minimum Gasteiger partial charge on any atom is -0.497 e. The Bertz CT molecular complexity index is 1350. The van der Waals surface area contributed by atoms with Crippen LogP contribution in [0.2, 0.25) is 5.02 Å². The molecule has 0 bridgehead atoms. The van der Waals surface area contributed by atoms with Crippen molar-refractivity contribution < 1.29 is 22.7 Å². The summed E-state index contributed by atoms with van der Waals surface area (Å²) in [5, 5.41) is 2.92. The van der Waals surface area contributed by atoms with Crippen molar-refractivity contribution in [3.63, 3.8) is 0 Å². The van der Waals surface area contributed by atoms with Crippen molar-refractivity contribution in [2.45, 2.75) is 31.3 Å². The Balaban J connectivity index is 2.03. The minimum absolute atomic E-state index is 0.0283. The molecule has 0 saturated heterocycles. The second kappa shape index (κ2) is 12.1. The van der Waals surface area contributed by atoms with Crippen LogP contribution in [-0.2, 0) is 26.2 Å². The monoisotopic (exact) mass is 543 g/mol. The number of amides is 2. The van der Waals surface area contributed by atoms with Crippen molar-refractivity contribution in [1.82, 2.24) is 10.2 Å². The highest BCUT2D eigenvalue weighted by Crippen LogP contribution is 2.28. The summed E-state index contributed by atoms with van der Waals surface area (Å²) in [7, 11) is -1.10. The molecule has 0 aromatic heterocycles. The molecule has 2 amide bonds. The predicted octanol–water partition coefficient (Wildman–Crippen LogP) is 4.02. The maximum Gasteiger partial charge on any atom is 0.264 e. The Kier molecular flexibility index (Phi) is 9.18. The number of rotatable bonds is 10. The number of likely N-dealkylation sites (N-methyl/N-ethyl adjacent to an activating group) is 1. The molecule has 0 saturated carbocycles. The van der Waals surface area contributed by atoms with Gasteiger partial charge in [-0.05, 0) is 61.4 Å². The first-order valence-electron chi connectivity index (χ1n) is 11.6. The fraction of sp³-hybridized carbons (Fsp3) is 0.259. The number of nitrogens with zero attached hydrogens (tertiary/aromatic N) is 2. The average molecular weight is 544 g/mol. The van der Waals surface area contributed by atoms with Crippen molar-refractivity contribution >= 4 is 39.1 Å². The molecule has 0 spiro atoms. The highest BCUT2D eigenvalue weighted by atomic mass is 35.5. The maximum absolute atomic E-state index is 13.7. The van der Waals surface area contributed by atoms with E-state index in [9.17, 15) is 18.0 Å². The summed E-state index contributed by atoms with van der Waals surface area (Å²) in [6.07, 6.45) is 0. The van der Waals surface area contributed by atoms with Crippen LogP contribution >= 0.6 is 11.6 Å². The predicted molar refractivity (Wildman–Crippen MR) is 144 cm³/mol. The van der Waals surface area contributed by atoms with Gasteiger partial charge in [0, 0.05) is 18.6 Å². The Morgan fingerprint density at radius 2 is 1.68 bits per heavy atom. The molecule has 0 heterocycles. The summed E-state index contributed by atoms with van der Waals surface area (Å²) in [4.78, 5) is 27.6. The lowest BCUT2D eigenvalue weighted by Crippen LogP contribution is -2.50. The number of nitrogens with one attached hydrogen (secondary N) is 1. The second-order valence-corrected chi connectivity index (χ2v) is 10.7. The molecular weight excluding hydrogens is 514 g/mol. The summed E-state index contributed by atoms with van der Waals surface area (Å²) in [6.45, 7) is 2.95. The number of hydrogen-bond donors (Lipinski definition) is 1. The first kappa shape index (κ1) is 28.0. The molecule has 37 heavy (non-hydrogen) atoms. The van der Waals surface area contributed by atoms with Gasteiger partial charge < -0.3 is 15.0 Å². The van der Waals surface area contributed by atoms with Gasteiger partial charge in [-0.1, -0.05) is 48.0 Å². The Labute approximate surface area is 222 Å². The zero-order valence-electron chi connectivity index (χ0n) is 21.1. The van der Waals surface area contributed by atoms with E-state index in [1.54, 1.807) is 75.6 Å². The molecular formula is C27H30ClN3O5S. The van der Waals surface area contributed by atoms with Crippen LogP contribution in [-0.4, -0.2) is 51.9 Å². The van der Waals surface area contributed by atoms with E-state index in [1.807, 2.05) is 0 Å².